The van der Waals surface area contributed by atoms with Crippen LogP contribution < -0.4 is 5.32 Å². The minimum atomic E-state index is -4.55. The summed E-state index contributed by atoms with van der Waals surface area (Å²) in [4.78, 5) is 13.2. The number of likely N-dealkylation sites (N-methyl/N-ethyl adjacent to an activating group) is 1. The van der Waals surface area contributed by atoms with Gasteiger partial charge in [0.25, 0.3) is 0 Å². The summed E-state index contributed by atoms with van der Waals surface area (Å²) in [5, 5.41) is 11.9. The van der Waals surface area contributed by atoms with Crippen LogP contribution in [0.1, 0.15) is 29.8 Å². The van der Waals surface area contributed by atoms with Crippen molar-refractivity contribution < 1.29 is 23.1 Å². The molecule has 0 saturated heterocycles. The van der Waals surface area contributed by atoms with Gasteiger partial charge in [-0.3, -0.25) is 0 Å². The smallest absolute Gasteiger partial charge is 0.416 e. The summed E-state index contributed by atoms with van der Waals surface area (Å²) in [7, 11) is 0. The maximum atomic E-state index is 12.6. The van der Waals surface area contributed by atoms with Crippen LogP contribution in [0.25, 0.3) is 0 Å². The lowest BCUT2D eigenvalue weighted by molar-refractivity contribution is -0.137. The van der Waals surface area contributed by atoms with Crippen molar-refractivity contribution in [1.29, 1.82) is 0 Å². The molecule has 0 saturated carbocycles. The molecule has 118 valence electrons. The molecule has 0 aliphatic heterocycles. The van der Waals surface area contributed by atoms with Gasteiger partial charge in [0.05, 0.1) is 11.1 Å². The van der Waals surface area contributed by atoms with Crippen LogP contribution in [0.3, 0.4) is 0 Å². The predicted octanol–water partition coefficient (Wildman–Crippen LogP) is 3.16. The van der Waals surface area contributed by atoms with Gasteiger partial charge in [-0.25, -0.2) is 4.79 Å². The summed E-state index contributed by atoms with van der Waals surface area (Å²) in [5.41, 5.74) is -1.14. The zero-order valence-electron chi connectivity index (χ0n) is 12.0. The second-order valence-corrected chi connectivity index (χ2v) is 4.52. The van der Waals surface area contributed by atoms with Gasteiger partial charge in [-0.2, -0.15) is 13.2 Å². The second kappa shape index (κ2) is 7.31. The number of carboxylic acids is 1. The topological polar surface area (TPSA) is 52.6 Å². The monoisotopic (exact) mass is 304 g/mol. The minimum Gasteiger partial charge on any atom is -0.478 e. The molecule has 0 atom stereocenters. The molecular formula is C14H19F3N2O2. The number of rotatable bonds is 7. The molecular weight excluding hydrogens is 285 g/mol. The molecule has 21 heavy (non-hydrogen) atoms. The van der Waals surface area contributed by atoms with E-state index in [9.17, 15) is 18.0 Å². The maximum Gasteiger partial charge on any atom is 0.416 e. The summed E-state index contributed by atoms with van der Waals surface area (Å²) in [6.07, 6.45) is -4.55. The van der Waals surface area contributed by atoms with Gasteiger partial charge in [0.15, 0.2) is 0 Å². The molecule has 2 N–H and O–H groups in total. The fourth-order valence-electron chi connectivity index (χ4n) is 1.94. The van der Waals surface area contributed by atoms with Crippen molar-refractivity contribution in [3.63, 3.8) is 0 Å². The van der Waals surface area contributed by atoms with Crippen LogP contribution in [0, 0.1) is 0 Å². The first kappa shape index (κ1) is 17.3. The summed E-state index contributed by atoms with van der Waals surface area (Å²) < 4.78 is 37.8. The van der Waals surface area contributed by atoms with Crippen molar-refractivity contribution in [2.24, 2.45) is 0 Å². The molecule has 1 aromatic carbocycles. The quantitative estimate of drug-likeness (QED) is 0.812. The van der Waals surface area contributed by atoms with Crippen LogP contribution in [0.5, 0.6) is 0 Å². The van der Waals surface area contributed by atoms with Crippen LogP contribution in [0.4, 0.5) is 18.9 Å². The van der Waals surface area contributed by atoms with Gasteiger partial charge in [0, 0.05) is 18.8 Å². The van der Waals surface area contributed by atoms with E-state index in [4.69, 9.17) is 5.11 Å². The number of carboxylic acid groups (broad SMARTS) is 1. The number of hydrogen-bond donors (Lipinski definition) is 2. The minimum absolute atomic E-state index is 0.197. The number of halogens is 3. The Bertz CT molecular complexity index is 486. The highest BCUT2D eigenvalue weighted by Crippen LogP contribution is 2.31. The summed E-state index contributed by atoms with van der Waals surface area (Å²) in [5.74, 6) is -1.38. The van der Waals surface area contributed by atoms with E-state index >= 15 is 0 Å². The lowest BCUT2D eigenvalue weighted by Gasteiger charge is -2.19. The molecule has 0 amide bonds. The van der Waals surface area contributed by atoms with E-state index in [0.717, 1.165) is 25.2 Å². The number of carbonyl (C=O) groups is 1. The largest absolute Gasteiger partial charge is 0.478 e. The summed E-state index contributed by atoms with van der Waals surface area (Å²) in [6.45, 7) is 6.88. The van der Waals surface area contributed by atoms with E-state index in [1.807, 2.05) is 13.8 Å². The lowest BCUT2D eigenvalue weighted by atomic mass is 10.1. The third-order valence-electron chi connectivity index (χ3n) is 3.22. The van der Waals surface area contributed by atoms with Gasteiger partial charge in [0.1, 0.15) is 0 Å². The normalized spacial score (nSPS) is 11.7. The number of benzene rings is 1. The average molecular weight is 304 g/mol. The van der Waals surface area contributed by atoms with Crippen LogP contribution in [0.15, 0.2) is 18.2 Å². The standard InChI is InChI=1S/C14H19F3N2O2/c1-3-19(4-2)8-7-18-12-6-5-10(14(15,16)17)9-11(12)13(20)21/h5-6,9,18H,3-4,7-8H2,1-2H3,(H,20,21). The van der Waals surface area contributed by atoms with E-state index in [1.165, 1.54) is 0 Å². The zero-order valence-corrected chi connectivity index (χ0v) is 12.0. The SMILES string of the molecule is CCN(CC)CCNc1ccc(C(F)(F)F)cc1C(=O)O. The predicted molar refractivity (Wildman–Crippen MR) is 74.7 cm³/mol. The highest BCUT2D eigenvalue weighted by atomic mass is 19.4. The number of nitrogens with one attached hydrogen (secondary N) is 1. The first-order valence-electron chi connectivity index (χ1n) is 6.70. The highest BCUT2D eigenvalue weighted by Gasteiger charge is 2.31. The Morgan fingerprint density at radius 3 is 2.38 bits per heavy atom. The Hall–Kier alpha value is -1.76. The third-order valence-corrected chi connectivity index (χ3v) is 3.22. The van der Waals surface area contributed by atoms with Crippen molar-refractivity contribution >= 4 is 11.7 Å². The fourth-order valence-corrected chi connectivity index (χ4v) is 1.94. The van der Waals surface area contributed by atoms with Gasteiger partial charge in [-0.15, -0.1) is 0 Å². The number of hydrogen-bond acceptors (Lipinski definition) is 3. The molecule has 0 aliphatic rings. The van der Waals surface area contributed by atoms with Crippen molar-refractivity contribution in [3.8, 4) is 0 Å². The van der Waals surface area contributed by atoms with E-state index in [-0.39, 0.29) is 11.3 Å². The molecule has 0 bridgehead atoms. The van der Waals surface area contributed by atoms with Crippen LogP contribution in [-0.4, -0.2) is 42.2 Å². The van der Waals surface area contributed by atoms with Gasteiger partial charge in [-0.1, -0.05) is 13.8 Å². The molecule has 0 unspecified atom stereocenters. The molecule has 7 heteroatoms. The van der Waals surface area contributed by atoms with Crippen molar-refractivity contribution in [1.82, 2.24) is 4.90 Å². The molecule has 0 heterocycles. The molecule has 0 aliphatic carbocycles. The van der Waals surface area contributed by atoms with Crippen LogP contribution in [-0.2, 0) is 6.18 Å². The first-order chi connectivity index (χ1) is 9.79. The van der Waals surface area contributed by atoms with Crippen molar-refractivity contribution in [3.05, 3.63) is 29.3 Å². The summed E-state index contributed by atoms with van der Waals surface area (Å²) >= 11 is 0. The molecule has 0 fully saturated rings. The maximum absolute atomic E-state index is 12.6. The number of alkyl halides is 3. The van der Waals surface area contributed by atoms with Gasteiger partial charge >= 0.3 is 12.1 Å². The van der Waals surface area contributed by atoms with Gasteiger partial charge < -0.3 is 15.3 Å². The number of aromatic carboxylic acids is 1. The van der Waals surface area contributed by atoms with Gasteiger partial charge in [0.2, 0.25) is 0 Å². The summed E-state index contributed by atoms with van der Waals surface area (Å²) in [6, 6.07) is 2.70. The third kappa shape index (κ3) is 4.93. The molecule has 0 aromatic heterocycles. The lowest BCUT2D eigenvalue weighted by Crippen LogP contribution is -2.29. The zero-order chi connectivity index (χ0) is 16.0. The molecule has 1 rings (SSSR count). The Morgan fingerprint density at radius 1 is 1.29 bits per heavy atom. The Labute approximate surface area is 121 Å². The van der Waals surface area contributed by atoms with E-state index in [2.05, 4.69) is 10.2 Å². The Morgan fingerprint density at radius 2 is 1.90 bits per heavy atom. The average Bonchev–Trinajstić information content (AvgIpc) is 2.42. The van der Waals surface area contributed by atoms with E-state index < -0.39 is 17.7 Å². The molecule has 1 aromatic rings. The van der Waals surface area contributed by atoms with Gasteiger partial charge in [-0.05, 0) is 31.3 Å². The van der Waals surface area contributed by atoms with Crippen molar-refractivity contribution in [2.75, 3.05) is 31.5 Å². The van der Waals surface area contributed by atoms with Crippen LogP contribution >= 0.6 is 0 Å². The van der Waals surface area contributed by atoms with Crippen LogP contribution in [0.2, 0.25) is 0 Å². The molecule has 0 spiro atoms. The molecule has 4 nitrogen and oxygen atoms in total. The highest BCUT2D eigenvalue weighted by molar-refractivity contribution is 5.94. The Balaban J connectivity index is 2.85. The first-order valence-corrected chi connectivity index (χ1v) is 6.70. The number of nitrogens with zero attached hydrogens (tertiary/aromatic N) is 1. The molecule has 0 radical (unpaired) electrons. The van der Waals surface area contributed by atoms with E-state index in [0.29, 0.717) is 19.2 Å². The second-order valence-electron chi connectivity index (χ2n) is 4.52. The Kier molecular flexibility index (Phi) is 6.02. The van der Waals surface area contributed by atoms with E-state index in [1.54, 1.807) is 0 Å². The fraction of sp³-hybridized carbons (Fsp3) is 0.500. The number of anilines is 1. The van der Waals surface area contributed by atoms with Crippen molar-refractivity contribution in [2.45, 2.75) is 20.0 Å².